The first-order valence-electron chi connectivity index (χ1n) is 9.98. The highest BCUT2D eigenvalue weighted by molar-refractivity contribution is 6.30. The summed E-state index contributed by atoms with van der Waals surface area (Å²) in [6, 6.07) is 12.9. The molecule has 5 nitrogen and oxygen atoms in total. The van der Waals surface area contributed by atoms with E-state index in [9.17, 15) is 4.79 Å². The predicted octanol–water partition coefficient (Wildman–Crippen LogP) is 5.53. The Bertz CT molecular complexity index is 806. The van der Waals surface area contributed by atoms with Gasteiger partial charge in [-0.2, -0.15) is 5.10 Å². The maximum absolute atomic E-state index is 12.2. The Morgan fingerprint density at radius 2 is 1.93 bits per heavy atom. The summed E-state index contributed by atoms with van der Waals surface area (Å²) < 4.78 is 11.4. The number of amides is 1. The van der Waals surface area contributed by atoms with E-state index >= 15 is 0 Å². The van der Waals surface area contributed by atoms with Gasteiger partial charge >= 0.3 is 0 Å². The van der Waals surface area contributed by atoms with Crippen LogP contribution in [0.3, 0.4) is 0 Å². The predicted molar refractivity (Wildman–Crippen MR) is 118 cm³/mol. The third kappa shape index (κ3) is 8.16. The molecule has 156 valence electrons. The zero-order valence-corrected chi connectivity index (χ0v) is 18.0. The summed E-state index contributed by atoms with van der Waals surface area (Å²) in [6.45, 7) is 6.47. The molecule has 0 unspecified atom stereocenters. The monoisotopic (exact) mass is 416 g/mol. The third-order valence-electron chi connectivity index (χ3n) is 4.35. The molecule has 2 rings (SSSR count). The lowest BCUT2D eigenvalue weighted by Crippen LogP contribution is -2.33. The summed E-state index contributed by atoms with van der Waals surface area (Å²) >= 11 is 5.93. The van der Waals surface area contributed by atoms with Gasteiger partial charge in [0, 0.05) is 5.02 Å². The zero-order chi connectivity index (χ0) is 21.1. The van der Waals surface area contributed by atoms with Gasteiger partial charge in [0.25, 0.3) is 5.91 Å². The maximum Gasteiger partial charge on any atom is 0.280 e. The molecule has 0 aliphatic heterocycles. The summed E-state index contributed by atoms with van der Waals surface area (Å²) in [5.41, 5.74) is 4.23. The van der Waals surface area contributed by atoms with E-state index in [4.69, 9.17) is 21.1 Å². The largest absolute Gasteiger partial charge is 0.494 e. The Morgan fingerprint density at radius 3 is 2.62 bits per heavy atom. The minimum atomic E-state index is -0.685. The highest BCUT2D eigenvalue weighted by atomic mass is 35.5. The summed E-state index contributed by atoms with van der Waals surface area (Å²) in [5.74, 6) is 1.12. The molecule has 0 saturated carbocycles. The highest BCUT2D eigenvalue weighted by Gasteiger charge is 2.15. The number of halogens is 1. The average molecular weight is 417 g/mol. The molecule has 0 aliphatic rings. The first-order chi connectivity index (χ1) is 14.0. The fourth-order valence-corrected chi connectivity index (χ4v) is 2.85. The zero-order valence-electron chi connectivity index (χ0n) is 17.3. The molecular formula is C23H29ClN2O3. The highest BCUT2D eigenvalue weighted by Crippen LogP contribution is 2.22. The van der Waals surface area contributed by atoms with Crippen molar-refractivity contribution in [3.63, 3.8) is 0 Å². The fourth-order valence-electron chi connectivity index (χ4n) is 2.62. The second kappa shape index (κ2) is 12.1. The number of carbonyl (C=O) groups is 1. The summed E-state index contributed by atoms with van der Waals surface area (Å²) in [6.07, 6.45) is 5.63. The van der Waals surface area contributed by atoms with Gasteiger partial charge in [-0.25, -0.2) is 5.43 Å². The van der Waals surface area contributed by atoms with Crippen LogP contribution in [0.5, 0.6) is 11.5 Å². The van der Waals surface area contributed by atoms with Gasteiger partial charge in [0.05, 0.1) is 12.8 Å². The van der Waals surface area contributed by atoms with Crippen LogP contribution in [-0.4, -0.2) is 24.8 Å². The van der Waals surface area contributed by atoms with Gasteiger partial charge in [0.1, 0.15) is 11.5 Å². The van der Waals surface area contributed by atoms with E-state index < -0.39 is 6.10 Å². The summed E-state index contributed by atoms with van der Waals surface area (Å²) in [7, 11) is 0. The molecule has 0 heterocycles. The van der Waals surface area contributed by atoms with Gasteiger partial charge in [-0.15, -0.1) is 0 Å². The van der Waals surface area contributed by atoms with Crippen molar-refractivity contribution in [2.75, 3.05) is 6.61 Å². The SMILES string of the molecule is CCCCCCOc1ccc(/C=N/NC(=O)[C@H](C)Oc2ccc(Cl)cc2C)cc1. The number of aryl methyl sites for hydroxylation is 1. The van der Waals surface area contributed by atoms with Crippen LogP contribution in [0.1, 0.15) is 50.7 Å². The number of hydrazone groups is 1. The number of nitrogens with zero attached hydrogens (tertiary/aromatic N) is 1. The van der Waals surface area contributed by atoms with E-state index in [-0.39, 0.29) is 5.91 Å². The molecule has 0 spiro atoms. The van der Waals surface area contributed by atoms with E-state index in [0.29, 0.717) is 10.8 Å². The molecule has 2 aromatic carbocycles. The lowest BCUT2D eigenvalue weighted by atomic mass is 10.2. The quantitative estimate of drug-likeness (QED) is 0.298. The number of nitrogens with one attached hydrogen (secondary N) is 1. The summed E-state index contributed by atoms with van der Waals surface area (Å²) in [5, 5.41) is 4.63. The molecule has 1 amide bonds. The molecule has 1 N–H and O–H groups in total. The molecule has 0 saturated heterocycles. The van der Waals surface area contributed by atoms with Crippen LogP contribution >= 0.6 is 11.6 Å². The Kier molecular flexibility index (Phi) is 9.51. The number of hydrogen-bond acceptors (Lipinski definition) is 4. The lowest BCUT2D eigenvalue weighted by molar-refractivity contribution is -0.127. The van der Waals surface area contributed by atoms with Crippen molar-refractivity contribution >= 4 is 23.7 Å². The van der Waals surface area contributed by atoms with Crippen LogP contribution in [0.2, 0.25) is 5.02 Å². The standard InChI is InChI=1S/C23H29ClN2O3/c1-4-5-6-7-14-28-21-11-8-19(9-12-21)16-25-26-23(27)18(3)29-22-13-10-20(24)15-17(22)2/h8-13,15-16,18H,4-7,14H2,1-3H3,(H,26,27)/b25-16+/t18-/m0/s1. The van der Waals surface area contributed by atoms with Crippen LogP contribution < -0.4 is 14.9 Å². The van der Waals surface area contributed by atoms with Gasteiger partial charge in [-0.1, -0.05) is 37.8 Å². The Morgan fingerprint density at radius 1 is 1.17 bits per heavy atom. The molecule has 0 radical (unpaired) electrons. The second-order valence-corrected chi connectivity index (χ2v) is 7.32. The van der Waals surface area contributed by atoms with Crippen LogP contribution in [0.15, 0.2) is 47.6 Å². The van der Waals surface area contributed by atoms with Gasteiger partial charge < -0.3 is 9.47 Å². The van der Waals surface area contributed by atoms with Crippen LogP contribution in [0, 0.1) is 6.92 Å². The van der Waals surface area contributed by atoms with Crippen molar-refractivity contribution in [3.05, 3.63) is 58.6 Å². The van der Waals surface area contributed by atoms with Crippen molar-refractivity contribution in [1.29, 1.82) is 0 Å². The minimum Gasteiger partial charge on any atom is -0.494 e. The Balaban J connectivity index is 1.77. The van der Waals surface area contributed by atoms with Gasteiger partial charge in [0.15, 0.2) is 6.10 Å². The number of ether oxygens (including phenoxy) is 2. The molecule has 0 bridgehead atoms. The van der Waals surface area contributed by atoms with E-state index in [1.807, 2.05) is 31.2 Å². The molecule has 0 aromatic heterocycles. The number of benzene rings is 2. The lowest BCUT2D eigenvalue weighted by Gasteiger charge is -2.14. The minimum absolute atomic E-state index is 0.331. The number of carbonyl (C=O) groups excluding carboxylic acids is 1. The average Bonchev–Trinajstić information content (AvgIpc) is 2.71. The van der Waals surface area contributed by atoms with Crippen molar-refractivity contribution in [2.24, 2.45) is 5.10 Å². The molecule has 0 fully saturated rings. The van der Waals surface area contributed by atoms with Crippen LogP contribution in [-0.2, 0) is 4.79 Å². The molecule has 0 aliphatic carbocycles. The van der Waals surface area contributed by atoms with Gasteiger partial charge in [-0.3, -0.25) is 4.79 Å². The van der Waals surface area contributed by atoms with E-state index in [0.717, 1.165) is 29.9 Å². The van der Waals surface area contributed by atoms with E-state index in [1.54, 1.807) is 31.3 Å². The van der Waals surface area contributed by atoms with Crippen LogP contribution in [0.25, 0.3) is 0 Å². The fraction of sp³-hybridized carbons (Fsp3) is 0.391. The van der Waals surface area contributed by atoms with E-state index in [2.05, 4.69) is 17.5 Å². The molecule has 29 heavy (non-hydrogen) atoms. The molecular weight excluding hydrogens is 388 g/mol. The van der Waals surface area contributed by atoms with E-state index in [1.165, 1.54) is 19.3 Å². The topological polar surface area (TPSA) is 59.9 Å². The van der Waals surface area contributed by atoms with Crippen molar-refractivity contribution < 1.29 is 14.3 Å². The normalized spacial score (nSPS) is 12.0. The molecule has 2 aromatic rings. The first kappa shape index (κ1) is 22.8. The van der Waals surface area contributed by atoms with Crippen molar-refractivity contribution in [3.8, 4) is 11.5 Å². The van der Waals surface area contributed by atoms with Crippen molar-refractivity contribution in [1.82, 2.24) is 5.43 Å². The molecule has 1 atom stereocenters. The van der Waals surface area contributed by atoms with Crippen LogP contribution in [0.4, 0.5) is 0 Å². The number of hydrogen-bond donors (Lipinski definition) is 1. The smallest absolute Gasteiger partial charge is 0.280 e. The number of rotatable bonds is 11. The second-order valence-electron chi connectivity index (χ2n) is 6.88. The van der Waals surface area contributed by atoms with Gasteiger partial charge in [0.2, 0.25) is 0 Å². The summed E-state index contributed by atoms with van der Waals surface area (Å²) in [4.78, 5) is 12.2. The Labute approximate surface area is 178 Å². The van der Waals surface area contributed by atoms with Gasteiger partial charge in [-0.05, 0) is 73.9 Å². The first-order valence-corrected chi connectivity index (χ1v) is 10.4. The maximum atomic E-state index is 12.2. The molecule has 6 heteroatoms. The Hall–Kier alpha value is -2.53. The van der Waals surface area contributed by atoms with Crippen molar-refractivity contribution in [2.45, 2.75) is 52.6 Å². The third-order valence-corrected chi connectivity index (χ3v) is 4.58. The number of unbranched alkanes of at least 4 members (excludes halogenated alkanes) is 3.